The first-order valence-corrected chi connectivity index (χ1v) is 8.58. The van der Waals surface area contributed by atoms with Crippen LogP contribution in [0.4, 0.5) is 0 Å². The first kappa shape index (κ1) is 16.5. The minimum atomic E-state index is 0.190. The number of aromatic nitrogens is 2. The van der Waals surface area contributed by atoms with Crippen molar-refractivity contribution in [2.45, 2.75) is 79.3 Å². The molecule has 1 aliphatic carbocycles. The Balaban J connectivity index is 2.14. The molecule has 1 aromatic rings. The zero-order valence-corrected chi connectivity index (χ0v) is 14.8. The molecule has 1 heterocycles. The van der Waals surface area contributed by atoms with Crippen LogP contribution in [0.5, 0.6) is 0 Å². The molecule has 0 aromatic carbocycles. The molecule has 1 saturated carbocycles. The van der Waals surface area contributed by atoms with Crippen LogP contribution >= 0.6 is 0 Å². The molecule has 21 heavy (non-hydrogen) atoms. The molecule has 1 unspecified atom stereocenters. The molecule has 0 bridgehead atoms. The van der Waals surface area contributed by atoms with Crippen LogP contribution in [0.15, 0.2) is 6.07 Å². The molecule has 3 heteroatoms. The van der Waals surface area contributed by atoms with E-state index in [0.717, 1.165) is 31.8 Å². The molecular weight excluding hydrogens is 258 g/mol. The van der Waals surface area contributed by atoms with E-state index in [2.05, 4.69) is 57.6 Å². The number of rotatable bonds is 7. The minimum Gasteiger partial charge on any atom is -0.312 e. The van der Waals surface area contributed by atoms with Crippen molar-refractivity contribution in [3.8, 4) is 0 Å². The van der Waals surface area contributed by atoms with Crippen molar-refractivity contribution in [1.29, 1.82) is 0 Å². The molecule has 0 saturated heterocycles. The van der Waals surface area contributed by atoms with Gasteiger partial charge >= 0.3 is 0 Å². The second-order valence-electron chi connectivity index (χ2n) is 8.00. The van der Waals surface area contributed by atoms with Crippen LogP contribution in [-0.2, 0) is 19.4 Å². The number of aryl methyl sites for hydroxylation is 2. The molecule has 0 spiro atoms. The minimum absolute atomic E-state index is 0.190. The first-order valence-electron chi connectivity index (χ1n) is 8.58. The SMILES string of the molecule is CCc1cc(CC(C)(CNC(C)(C)C)C2CC2)n(CC)n1. The molecule has 0 aliphatic heterocycles. The van der Waals surface area contributed by atoms with E-state index in [1.165, 1.54) is 24.2 Å². The van der Waals surface area contributed by atoms with E-state index in [4.69, 9.17) is 5.10 Å². The quantitative estimate of drug-likeness (QED) is 0.828. The summed E-state index contributed by atoms with van der Waals surface area (Å²) in [6, 6.07) is 2.32. The van der Waals surface area contributed by atoms with Gasteiger partial charge in [-0.2, -0.15) is 5.10 Å². The summed E-state index contributed by atoms with van der Waals surface area (Å²) in [5.41, 5.74) is 3.19. The fraction of sp³-hybridized carbons (Fsp3) is 0.833. The third-order valence-corrected chi connectivity index (χ3v) is 4.75. The molecule has 1 N–H and O–H groups in total. The average Bonchev–Trinajstić information content (AvgIpc) is 3.19. The monoisotopic (exact) mass is 291 g/mol. The van der Waals surface area contributed by atoms with Gasteiger partial charge in [0.2, 0.25) is 0 Å². The highest BCUT2D eigenvalue weighted by Gasteiger charge is 2.42. The summed E-state index contributed by atoms with van der Waals surface area (Å²) in [7, 11) is 0. The standard InChI is InChI=1S/C18H33N3/c1-7-15-11-16(21(8-2)20-15)12-18(6,14-9-10-14)13-19-17(3,4)5/h11,14,19H,7-10,12-13H2,1-6H3. The zero-order valence-electron chi connectivity index (χ0n) is 14.8. The summed E-state index contributed by atoms with van der Waals surface area (Å²) in [5.74, 6) is 0.873. The zero-order chi connectivity index (χ0) is 15.7. The fourth-order valence-electron chi connectivity index (χ4n) is 3.12. The normalized spacial score (nSPS) is 18.8. The summed E-state index contributed by atoms with van der Waals surface area (Å²) in [6.07, 6.45) is 4.95. The molecule has 1 aliphatic rings. The van der Waals surface area contributed by atoms with E-state index in [1.54, 1.807) is 0 Å². The van der Waals surface area contributed by atoms with Gasteiger partial charge in [-0.3, -0.25) is 4.68 Å². The van der Waals surface area contributed by atoms with Crippen LogP contribution < -0.4 is 5.32 Å². The summed E-state index contributed by atoms with van der Waals surface area (Å²) in [5, 5.41) is 8.45. The molecule has 2 rings (SSSR count). The lowest BCUT2D eigenvalue weighted by Crippen LogP contribution is -2.44. The third kappa shape index (κ3) is 4.32. The number of nitrogens with zero attached hydrogens (tertiary/aromatic N) is 2. The summed E-state index contributed by atoms with van der Waals surface area (Å²) < 4.78 is 2.20. The van der Waals surface area contributed by atoms with Crippen LogP contribution in [-0.4, -0.2) is 21.9 Å². The van der Waals surface area contributed by atoms with Crippen molar-refractivity contribution in [2.24, 2.45) is 11.3 Å². The lowest BCUT2D eigenvalue weighted by Gasteiger charge is -2.34. The highest BCUT2D eigenvalue weighted by atomic mass is 15.3. The van der Waals surface area contributed by atoms with Gasteiger partial charge in [-0.15, -0.1) is 0 Å². The summed E-state index contributed by atoms with van der Waals surface area (Å²) >= 11 is 0. The van der Waals surface area contributed by atoms with Crippen LogP contribution in [0.1, 0.15) is 65.8 Å². The van der Waals surface area contributed by atoms with Gasteiger partial charge in [0.25, 0.3) is 0 Å². The van der Waals surface area contributed by atoms with Crippen LogP contribution in [0.3, 0.4) is 0 Å². The van der Waals surface area contributed by atoms with E-state index >= 15 is 0 Å². The number of hydrogen-bond acceptors (Lipinski definition) is 2. The fourth-order valence-corrected chi connectivity index (χ4v) is 3.12. The Bertz CT molecular complexity index is 465. The number of nitrogens with one attached hydrogen (secondary N) is 1. The smallest absolute Gasteiger partial charge is 0.0624 e. The van der Waals surface area contributed by atoms with Crippen LogP contribution in [0.25, 0.3) is 0 Å². The largest absolute Gasteiger partial charge is 0.312 e. The van der Waals surface area contributed by atoms with Crippen LogP contribution in [0.2, 0.25) is 0 Å². The van der Waals surface area contributed by atoms with Crippen molar-refractivity contribution < 1.29 is 0 Å². The van der Waals surface area contributed by atoms with Gasteiger partial charge in [-0.05, 0) is 70.8 Å². The lowest BCUT2D eigenvalue weighted by atomic mass is 9.79. The van der Waals surface area contributed by atoms with Gasteiger partial charge in [0.05, 0.1) is 5.69 Å². The van der Waals surface area contributed by atoms with Gasteiger partial charge in [-0.25, -0.2) is 0 Å². The van der Waals surface area contributed by atoms with E-state index in [0.29, 0.717) is 5.41 Å². The van der Waals surface area contributed by atoms with Gasteiger partial charge in [-0.1, -0.05) is 13.8 Å². The lowest BCUT2D eigenvalue weighted by molar-refractivity contribution is 0.223. The average molecular weight is 291 g/mol. The van der Waals surface area contributed by atoms with E-state index in [1.807, 2.05) is 0 Å². The second kappa shape index (κ2) is 6.12. The Hall–Kier alpha value is -0.830. The van der Waals surface area contributed by atoms with Crippen molar-refractivity contribution >= 4 is 0 Å². The molecule has 1 atom stereocenters. The van der Waals surface area contributed by atoms with E-state index in [-0.39, 0.29) is 5.54 Å². The first-order chi connectivity index (χ1) is 9.77. The van der Waals surface area contributed by atoms with Gasteiger partial charge < -0.3 is 5.32 Å². The maximum absolute atomic E-state index is 4.72. The second-order valence-corrected chi connectivity index (χ2v) is 8.00. The molecule has 120 valence electrons. The van der Waals surface area contributed by atoms with Crippen molar-refractivity contribution in [1.82, 2.24) is 15.1 Å². The third-order valence-electron chi connectivity index (χ3n) is 4.75. The maximum atomic E-state index is 4.72. The molecule has 0 radical (unpaired) electrons. The molecule has 1 aromatic heterocycles. The predicted molar refractivity (Wildman–Crippen MR) is 89.6 cm³/mol. The maximum Gasteiger partial charge on any atom is 0.0624 e. The highest BCUT2D eigenvalue weighted by molar-refractivity contribution is 5.14. The van der Waals surface area contributed by atoms with Gasteiger partial charge in [0.1, 0.15) is 0 Å². The summed E-state index contributed by atoms with van der Waals surface area (Å²) in [6.45, 7) is 15.7. The van der Waals surface area contributed by atoms with Crippen molar-refractivity contribution in [3.63, 3.8) is 0 Å². The van der Waals surface area contributed by atoms with Crippen molar-refractivity contribution in [2.75, 3.05) is 6.54 Å². The van der Waals surface area contributed by atoms with Gasteiger partial charge in [0.15, 0.2) is 0 Å². The van der Waals surface area contributed by atoms with Crippen LogP contribution in [0, 0.1) is 11.3 Å². The highest BCUT2D eigenvalue weighted by Crippen LogP contribution is 2.47. The molecule has 3 nitrogen and oxygen atoms in total. The molecule has 1 fully saturated rings. The Morgan fingerprint density at radius 3 is 2.38 bits per heavy atom. The Morgan fingerprint density at radius 1 is 1.24 bits per heavy atom. The van der Waals surface area contributed by atoms with Gasteiger partial charge in [0, 0.05) is 24.3 Å². The predicted octanol–water partition coefficient (Wildman–Crippen LogP) is 3.81. The molecular formula is C18H33N3. The van der Waals surface area contributed by atoms with E-state index in [9.17, 15) is 0 Å². The van der Waals surface area contributed by atoms with E-state index < -0.39 is 0 Å². The number of hydrogen-bond donors (Lipinski definition) is 1. The van der Waals surface area contributed by atoms with Crippen molar-refractivity contribution in [3.05, 3.63) is 17.5 Å². The Morgan fingerprint density at radius 2 is 1.90 bits per heavy atom. The Kier molecular flexibility index (Phi) is 4.82. The topological polar surface area (TPSA) is 29.9 Å². The molecule has 0 amide bonds. The summed E-state index contributed by atoms with van der Waals surface area (Å²) in [4.78, 5) is 0. The Labute approximate surface area is 130 Å².